The Balaban J connectivity index is 1.81. The van der Waals surface area contributed by atoms with Gasteiger partial charge in [-0.15, -0.1) is 0 Å². The lowest BCUT2D eigenvalue weighted by molar-refractivity contribution is 0.375. The summed E-state index contributed by atoms with van der Waals surface area (Å²) in [5.41, 5.74) is 3.57. The smallest absolute Gasteiger partial charge is 0.00246 e. The Kier molecular flexibility index (Phi) is 3.63. The van der Waals surface area contributed by atoms with E-state index in [4.69, 9.17) is 0 Å². The van der Waals surface area contributed by atoms with Gasteiger partial charge in [0, 0.05) is 0 Å². The molecule has 0 aromatic rings. The molecule has 2 rings (SSSR count). The summed E-state index contributed by atoms with van der Waals surface area (Å²) in [6, 6.07) is 0. The van der Waals surface area contributed by atoms with E-state index in [2.05, 4.69) is 31.1 Å². The molecule has 0 N–H and O–H groups in total. The van der Waals surface area contributed by atoms with Crippen LogP contribution in [0.15, 0.2) is 23.3 Å². The summed E-state index contributed by atoms with van der Waals surface area (Å²) in [4.78, 5) is 2.30. The summed E-state index contributed by atoms with van der Waals surface area (Å²) in [6.45, 7) is 1.24. The second-order valence-electron chi connectivity index (χ2n) is 5.19. The van der Waals surface area contributed by atoms with Gasteiger partial charge in [0.05, 0.1) is 0 Å². The van der Waals surface area contributed by atoms with Crippen LogP contribution in [0.2, 0.25) is 0 Å². The molecule has 84 valence electrons. The molecule has 0 radical (unpaired) electrons. The van der Waals surface area contributed by atoms with Crippen molar-refractivity contribution in [2.24, 2.45) is 5.92 Å². The monoisotopic (exact) mass is 205 g/mol. The number of nitrogens with zero attached hydrogens (tertiary/aromatic N) is 1. The molecule has 0 heterocycles. The Labute approximate surface area is 93.9 Å². The minimum Gasteiger partial charge on any atom is -0.309 e. The highest BCUT2D eigenvalue weighted by Crippen LogP contribution is 2.40. The zero-order valence-corrected chi connectivity index (χ0v) is 10.1. The fourth-order valence-corrected chi connectivity index (χ4v) is 2.92. The molecule has 15 heavy (non-hydrogen) atoms. The van der Waals surface area contributed by atoms with Gasteiger partial charge in [-0.3, -0.25) is 0 Å². The van der Waals surface area contributed by atoms with Gasteiger partial charge < -0.3 is 4.90 Å². The molecule has 0 amide bonds. The second-order valence-corrected chi connectivity index (χ2v) is 5.19. The first-order chi connectivity index (χ1) is 7.27. The molecule has 0 aromatic heterocycles. The lowest BCUT2D eigenvalue weighted by Gasteiger charge is -2.17. The van der Waals surface area contributed by atoms with Gasteiger partial charge in [-0.1, -0.05) is 23.3 Å². The van der Waals surface area contributed by atoms with Gasteiger partial charge in [0.15, 0.2) is 0 Å². The van der Waals surface area contributed by atoms with Crippen molar-refractivity contribution >= 4 is 0 Å². The minimum absolute atomic E-state index is 0.921. The number of hydrogen-bond donors (Lipinski definition) is 0. The summed E-state index contributed by atoms with van der Waals surface area (Å²) in [6.07, 6.45) is 12.8. The third-order valence-corrected chi connectivity index (χ3v) is 3.77. The Hall–Kier alpha value is -0.560. The van der Waals surface area contributed by atoms with Gasteiger partial charge in [-0.2, -0.15) is 0 Å². The van der Waals surface area contributed by atoms with Crippen LogP contribution in [0.1, 0.15) is 38.5 Å². The molecule has 2 aliphatic rings. The van der Waals surface area contributed by atoms with Crippen LogP contribution in [0.25, 0.3) is 0 Å². The molecular formula is C14H23N. The normalized spacial score (nSPS) is 25.1. The molecule has 1 heteroatoms. The maximum Gasteiger partial charge on any atom is -0.00246 e. The van der Waals surface area contributed by atoms with Crippen LogP contribution in [-0.2, 0) is 0 Å². The van der Waals surface area contributed by atoms with E-state index in [1.807, 2.05) is 0 Å². The van der Waals surface area contributed by atoms with Crippen molar-refractivity contribution in [3.8, 4) is 0 Å². The third-order valence-electron chi connectivity index (χ3n) is 3.77. The zero-order valence-electron chi connectivity index (χ0n) is 10.1. The van der Waals surface area contributed by atoms with E-state index < -0.39 is 0 Å². The highest BCUT2D eigenvalue weighted by atomic mass is 15.0. The molecule has 1 nitrogen and oxygen atoms in total. The molecule has 1 unspecified atom stereocenters. The van der Waals surface area contributed by atoms with Crippen molar-refractivity contribution in [3.63, 3.8) is 0 Å². The molecule has 0 fully saturated rings. The van der Waals surface area contributed by atoms with Crippen LogP contribution >= 0.6 is 0 Å². The van der Waals surface area contributed by atoms with Crippen molar-refractivity contribution in [1.82, 2.24) is 4.90 Å². The average Bonchev–Trinajstić information content (AvgIpc) is 2.62. The summed E-state index contributed by atoms with van der Waals surface area (Å²) >= 11 is 0. The van der Waals surface area contributed by atoms with Gasteiger partial charge in [-0.25, -0.2) is 0 Å². The molecule has 0 spiro atoms. The molecule has 1 atom stereocenters. The highest BCUT2D eigenvalue weighted by Gasteiger charge is 2.24. The SMILES string of the molecule is CN(C)CCCC1CCC2=C1CC=CC2. The number of hydrogen-bond acceptors (Lipinski definition) is 1. The Morgan fingerprint density at radius 1 is 1.27 bits per heavy atom. The van der Waals surface area contributed by atoms with Gasteiger partial charge in [0.25, 0.3) is 0 Å². The van der Waals surface area contributed by atoms with Crippen molar-refractivity contribution in [3.05, 3.63) is 23.3 Å². The first kappa shape index (κ1) is 10.9. The number of allylic oxidation sites excluding steroid dienone is 4. The fraction of sp³-hybridized carbons (Fsp3) is 0.714. The topological polar surface area (TPSA) is 3.24 Å². The minimum atomic E-state index is 0.921. The molecular weight excluding hydrogens is 182 g/mol. The molecule has 0 aliphatic heterocycles. The Morgan fingerprint density at radius 3 is 2.87 bits per heavy atom. The molecule has 2 aliphatic carbocycles. The van der Waals surface area contributed by atoms with Crippen molar-refractivity contribution in [2.45, 2.75) is 38.5 Å². The van der Waals surface area contributed by atoms with Crippen LogP contribution in [0, 0.1) is 5.92 Å². The van der Waals surface area contributed by atoms with Crippen molar-refractivity contribution < 1.29 is 0 Å². The lowest BCUT2D eigenvalue weighted by Crippen LogP contribution is -2.14. The van der Waals surface area contributed by atoms with Gasteiger partial charge >= 0.3 is 0 Å². The third kappa shape index (κ3) is 2.72. The van der Waals surface area contributed by atoms with Crippen molar-refractivity contribution in [1.29, 1.82) is 0 Å². The van der Waals surface area contributed by atoms with E-state index in [1.54, 1.807) is 11.1 Å². The largest absolute Gasteiger partial charge is 0.309 e. The summed E-state index contributed by atoms with van der Waals surface area (Å²) in [5.74, 6) is 0.921. The Morgan fingerprint density at radius 2 is 2.07 bits per heavy atom. The average molecular weight is 205 g/mol. The van der Waals surface area contributed by atoms with Crippen LogP contribution in [0.3, 0.4) is 0 Å². The van der Waals surface area contributed by atoms with Gasteiger partial charge in [0.1, 0.15) is 0 Å². The van der Waals surface area contributed by atoms with E-state index in [0.717, 1.165) is 5.92 Å². The lowest BCUT2D eigenvalue weighted by atomic mass is 9.90. The molecule has 0 saturated heterocycles. The molecule has 0 saturated carbocycles. The van der Waals surface area contributed by atoms with Crippen LogP contribution < -0.4 is 0 Å². The van der Waals surface area contributed by atoms with Crippen molar-refractivity contribution in [2.75, 3.05) is 20.6 Å². The summed E-state index contributed by atoms with van der Waals surface area (Å²) < 4.78 is 0. The van der Waals surface area contributed by atoms with Gasteiger partial charge in [-0.05, 0) is 65.1 Å². The summed E-state index contributed by atoms with van der Waals surface area (Å²) in [7, 11) is 4.34. The molecule has 0 aromatic carbocycles. The maximum absolute atomic E-state index is 2.36. The second kappa shape index (κ2) is 4.98. The predicted octanol–water partition coefficient (Wildman–Crippen LogP) is 3.38. The highest BCUT2D eigenvalue weighted by molar-refractivity contribution is 5.30. The first-order valence-corrected chi connectivity index (χ1v) is 6.28. The number of rotatable bonds is 4. The maximum atomic E-state index is 2.36. The van der Waals surface area contributed by atoms with E-state index in [-0.39, 0.29) is 0 Å². The van der Waals surface area contributed by atoms with Crippen LogP contribution in [0.5, 0.6) is 0 Å². The quantitative estimate of drug-likeness (QED) is 0.636. The van der Waals surface area contributed by atoms with E-state index >= 15 is 0 Å². The van der Waals surface area contributed by atoms with Crippen LogP contribution in [0.4, 0.5) is 0 Å². The van der Waals surface area contributed by atoms with E-state index in [1.165, 1.54) is 45.1 Å². The summed E-state index contributed by atoms with van der Waals surface area (Å²) in [5, 5.41) is 0. The predicted molar refractivity (Wildman–Crippen MR) is 65.9 cm³/mol. The molecule has 0 bridgehead atoms. The first-order valence-electron chi connectivity index (χ1n) is 6.28. The van der Waals surface area contributed by atoms with E-state index in [9.17, 15) is 0 Å². The van der Waals surface area contributed by atoms with Gasteiger partial charge in [0.2, 0.25) is 0 Å². The van der Waals surface area contributed by atoms with E-state index in [0.29, 0.717) is 0 Å². The van der Waals surface area contributed by atoms with Crippen LogP contribution in [-0.4, -0.2) is 25.5 Å². The standard InChI is InChI=1S/C14H23N/c1-15(2)11-5-7-13-10-9-12-6-3-4-8-14(12)13/h3-4,13H,5-11H2,1-2H3. The zero-order chi connectivity index (χ0) is 10.7. The fourth-order valence-electron chi connectivity index (χ4n) is 2.92. The Bertz CT molecular complexity index is 273.